The van der Waals surface area contributed by atoms with Crippen molar-refractivity contribution in [2.24, 2.45) is 5.92 Å². The van der Waals surface area contributed by atoms with Gasteiger partial charge in [-0.15, -0.1) is 0 Å². The normalized spacial score (nSPS) is 16.5. The topological polar surface area (TPSA) is 95.3 Å². The highest BCUT2D eigenvalue weighted by molar-refractivity contribution is 6.04. The summed E-state index contributed by atoms with van der Waals surface area (Å²) in [6, 6.07) is 0.297. The average molecular weight is 330 g/mol. The van der Waals surface area contributed by atoms with Crippen molar-refractivity contribution in [3.8, 4) is 0 Å². The van der Waals surface area contributed by atoms with Crippen LogP contribution in [0.2, 0.25) is 0 Å². The second-order valence-corrected chi connectivity index (χ2v) is 5.61. The lowest BCUT2D eigenvalue weighted by Crippen LogP contribution is -2.39. The number of carbonyl (C=O) groups is 2. The lowest BCUT2D eigenvalue weighted by atomic mass is 10.1. The summed E-state index contributed by atoms with van der Waals surface area (Å²) in [4.78, 5) is 25.7. The van der Waals surface area contributed by atoms with E-state index in [9.17, 15) is 22.8 Å². The van der Waals surface area contributed by atoms with Gasteiger partial charge in [-0.2, -0.15) is 13.2 Å². The van der Waals surface area contributed by atoms with Gasteiger partial charge in [0, 0.05) is 12.1 Å². The Balaban J connectivity index is 1.78. The van der Waals surface area contributed by atoms with E-state index in [0.29, 0.717) is 12.8 Å². The van der Waals surface area contributed by atoms with E-state index in [1.54, 1.807) is 0 Å². The molecule has 3 rings (SSSR count). The van der Waals surface area contributed by atoms with Crippen LogP contribution in [0.5, 0.6) is 0 Å². The molecule has 2 heterocycles. The van der Waals surface area contributed by atoms with Crippen molar-refractivity contribution < 1.29 is 32.3 Å². The monoisotopic (exact) mass is 330 g/mol. The Morgan fingerprint density at radius 1 is 1.43 bits per heavy atom. The summed E-state index contributed by atoms with van der Waals surface area (Å²) in [5, 5.41) is 11.3. The van der Waals surface area contributed by atoms with Gasteiger partial charge in [0.05, 0.1) is 11.9 Å². The molecule has 1 saturated carbocycles. The first-order valence-corrected chi connectivity index (χ1v) is 6.95. The number of carboxylic acid groups (broad SMARTS) is 1. The summed E-state index contributed by atoms with van der Waals surface area (Å²) in [5.74, 6) is -2.12. The largest absolute Gasteiger partial charge is 0.477 e. The van der Waals surface area contributed by atoms with E-state index in [4.69, 9.17) is 9.52 Å². The number of nitrogens with one attached hydrogen (secondary N) is 2. The van der Waals surface area contributed by atoms with Crippen LogP contribution in [0.1, 0.15) is 40.1 Å². The van der Waals surface area contributed by atoms with Crippen molar-refractivity contribution in [3.05, 3.63) is 23.6 Å². The second kappa shape index (κ2) is 5.32. The van der Waals surface area contributed by atoms with Gasteiger partial charge in [0.25, 0.3) is 5.91 Å². The zero-order valence-electron chi connectivity index (χ0n) is 11.7. The molecule has 0 aliphatic heterocycles. The Kier molecular flexibility index (Phi) is 3.57. The predicted molar refractivity (Wildman–Crippen MR) is 72.2 cm³/mol. The SMILES string of the molecule is O=C(NC(CC(F)(F)F)C1CC1)c1cc2occ(C(=O)O)c2[nH]1. The van der Waals surface area contributed by atoms with Gasteiger partial charge < -0.3 is 19.8 Å². The molecule has 9 heteroatoms. The van der Waals surface area contributed by atoms with Gasteiger partial charge in [-0.05, 0) is 18.8 Å². The van der Waals surface area contributed by atoms with Gasteiger partial charge in [0.2, 0.25) is 0 Å². The fourth-order valence-corrected chi connectivity index (χ4v) is 2.52. The number of carbonyl (C=O) groups excluding carboxylic acids is 1. The Labute approximate surface area is 127 Å². The minimum absolute atomic E-state index is 0.0327. The van der Waals surface area contributed by atoms with Crippen molar-refractivity contribution >= 4 is 23.0 Å². The first kappa shape index (κ1) is 15.4. The fourth-order valence-electron chi connectivity index (χ4n) is 2.52. The average Bonchev–Trinajstić information content (AvgIpc) is 3.05. The molecule has 0 bridgehead atoms. The molecule has 1 aliphatic rings. The number of hydrogen-bond acceptors (Lipinski definition) is 3. The molecule has 0 radical (unpaired) electrons. The number of aromatic nitrogens is 1. The Morgan fingerprint density at radius 2 is 2.13 bits per heavy atom. The molecule has 1 fully saturated rings. The predicted octanol–water partition coefficient (Wildman–Crippen LogP) is 2.92. The number of H-pyrrole nitrogens is 1. The Morgan fingerprint density at radius 3 is 2.70 bits per heavy atom. The number of furan rings is 1. The van der Waals surface area contributed by atoms with Crippen LogP contribution >= 0.6 is 0 Å². The van der Waals surface area contributed by atoms with Crippen molar-refractivity contribution in [2.75, 3.05) is 0 Å². The van der Waals surface area contributed by atoms with Crippen molar-refractivity contribution in [2.45, 2.75) is 31.5 Å². The van der Waals surface area contributed by atoms with E-state index in [1.807, 2.05) is 0 Å². The Bertz CT molecular complexity index is 758. The summed E-state index contributed by atoms with van der Waals surface area (Å²) >= 11 is 0. The zero-order chi connectivity index (χ0) is 16.8. The van der Waals surface area contributed by atoms with Crippen LogP contribution in [0.25, 0.3) is 11.1 Å². The van der Waals surface area contributed by atoms with Crippen molar-refractivity contribution in [1.82, 2.24) is 10.3 Å². The first-order valence-electron chi connectivity index (χ1n) is 6.95. The molecule has 1 unspecified atom stereocenters. The minimum atomic E-state index is -4.36. The molecule has 3 N–H and O–H groups in total. The van der Waals surface area contributed by atoms with E-state index in [1.165, 1.54) is 6.07 Å². The van der Waals surface area contributed by atoms with E-state index in [-0.39, 0.29) is 28.3 Å². The molecule has 6 nitrogen and oxygen atoms in total. The maximum Gasteiger partial charge on any atom is 0.391 e. The maximum atomic E-state index is 12.6. The third kappa shape index (κ3) is 3.33. The Hall–Kier alpha value is -2.45. The third-order valence-electron chi connectivity index (χ3n) is 3.79. The van der Waals surface area contributed by atoms with Crippen LogP contribution in [0.4, 0.5) is 13.2 Å². The van der Waals surface area contributed by atoms with E-state index in [0.717, 1.165) is 6.26 Å². The van der Waals surface area contributed by atoms with Gasteiger partial charge in [-0.3, -0.25) is 4.79 Å². The summed E-state index contributed by atoms with van der Waals surface area (Å²) in [6.07, 6.45) is -3.11. The highest BCUT2D eigenvalue weighted by atomic mass is 19.4. The van der Waals surface area contributed by atoms with Crippen LogP contribution in [0.15, 0.2) is 16.7 Å². The molecule has 0 saturated heterocycles. The fraction of sp³-hybridized carbons (Fsp3) is 0.429. The summed E-state index contributed by atoms with van der Waals surface area (Å²) in [5.41, 5.74) is 0.107. The first-order chi connectivity index (χ1) is 10.7. The van der Waals surface area contributed by atoms with Gasteiger partial charge in [-0.1, -0.05) is 0 Å². The molecular weight excluding hydrogens is 317 g/mol. The molecule has 2 aromatic rings. The van der Waals surface area contributed by atoms with Crippen molar-refractivity contribution in [1.29, 1.82) is 0 Å². The zero-order valence-corrected chi connectivity index (χ0v) is 11.7. The number of rotatable bonds is 5. The number of aromatic amines is 1. The minimum Gasteiger partial charge on any atom is -0.477 e. The van der Waals surface area contributed by atoms with E-state index in [2.05, 4.69) is 10.3 Å². The van der Waals surface area contributed by atoms with Gasteiger partial charge in [-0.25, -0.2) is 4.79 Å². The van der Waals surface area contributed by atoms with Crippen molar-refractivity contribution in [3.63, 3.8) is 0 Å². The second-order valence-electron chi connectivity index (χ2n) is 5.61. The van der Waals surface area contributed by atoms with Crippen LogP contribution in [0.3, 0.4) is 0 Å². The quantitative estimate of drug-likeness (QED) is 0.785. The lowest BCUT2D eigenvalue weighted by molar-refractivity contribution is -0.140. The highest BCUT2D eigenvalue weighted by Gasteiger charge is 2.40. The number of halogens is 3. The summed E-state index contributed by atoms with van der Waals surface area (Å²) in [7, 11) is 0. The molecule has 23 heavy (non-hydrogen) atoms. The number of carboxylic acids is 1. The van der Waals surface area contributed by atoms with Crippen LogP contribution < -0.4 is 5.32 Å². The molecule has 1 amide bonds. The van der Waals surface area contributed by atoms with E-state index >= 15 is 0 Å². The molecule has 1 atom stereocenters. The number of hydrogen-bond donors (Lipinski definition) is 3. The lowest BCUT2D eigenvalue weighted by Gasteiger charge is -2.19. The van der Waals surface area contributed by atoms with Gasteiger partial charge in [0.1, 0.15) is 17.5 Å². The number of aromatic carboxylic acids is 1. The third-order valence-corrected chi connectivity index (χ3v) is 3.79. The molecule has 124 valence electrons. The molecular formula is C14H13F3N2O4. The standard InChI is InChI=1S/C14H13F3N2O4/c15-14(16,17)4-9(6-1-2-6)19-12(20)8-3-10-11(18-8)7(5-23-10)13(21)22/h3,5-6,9,18H,1-2,4H2,(H,19,20)(H,21,22). The van der Waals surface area contributed by atoms with Gasteiger partial charge >= 0.3 is 12.1 Å². The smallest absolute Gasteiger partial charge is 0.391 e. The molecule has 1 aliphatic carbocycles. The molecule has 0 aromatic carbocycles. The number of alkyl halides is 3. The van der Waals surface area contributed by atoms with Crippen LogP contribution in [0, 0.1) is 5.92 Å². The maximum absolute atomic E-state index is 12.6. The molecule has 0 spiro atoms. The number of fused-ring (bicyclic) bond motifs is 1. The van der Waals surface area contributed by atoms with E-state index < -0.39 is 30.5 Å². The highest BCUT2D eigenvalue weighted by Crippen LogP contribution is 2.37. The molecule has 2 aromatic heterocycles. The summed E-state index contributed by atoms with van der Waals surface area (Å²) in [6.45, 7) is 0. The van der Waals surface area contributed by atoms with Gasteiger partial charge in [0.15, 0.2) is 5.58 Å². The number of amides is 1. The summed E-state index contributed by atoms with van der Waals surface area (Å²) < 4.78 is 42.7. The van der Waals surface area contributed by atoms with Crippen LogP contribution in [-0.4, -0.2) is 34.2 Å². The van der Waals surface area contributed by atoms with Crippen LogP contribution in [-0.2, 0) is 0 Å².